The van der Waals surface area contributed by atoms with E-state index in [1.165, 1.54) is 0 Å². The van der Waals surface area contributed by atoms with E-state index < -0.39 is 0 Å². The SMILES string of the molecule is CCc1cc(C(=O)NCc2cnc[nH]2)cc(NN)n1. The molecule has 7 heteroatoms. The zero-order chi connectivity index (χ0) is 13.7. The Bertz CT molecular complexity index is 529. The molecule has 100 valence electrons. The number of carbonyl (C=O) groups is 1. The molecule has 0 radical (unpaired) electrons. The quantitative estimate of drug-likeness (QED) is 0.464. The van der Waals surface area contributed by atoms with Crippen molar-refractivity contribution in [3.05, 3.63) is 41.6 Å². The Hall–Kier alpha value is -2.41. The van der Waals surface area contributed by atoms with Crippen molar-refractivity contribution in [2.24, 2.45) is 5.84 Å². The van der Waals surface area contributed by atoms with Crippen LogP contribution in [0.25, 0.3) is 0 Å². The summed E-state index contributed by atoms with van der Waals surface area (Å²) < 4.78 is 0. The first-order valence-electron chi connectivity index (χ1n) is 5.96. The average Bonchev–Trinajstić information content (AvgIpc) is 2.97. The molecule has 2 aromatic rings. The first-order chi connectivity index (χ1) is 9.22. The van der Waals surface area contributed by atoms with Crippen molar-refractivity contribution in [1.29, 1.82) is 0 Å². The fraction of sp³-hybridized carbons (Fsp3) is 0.250. The molecule has 2 heterocycles. The summed E-state index contributed by atoms with van der Waals surface area (Å²) in [5.74, 6) is 5.64. The molecule has 19 heavy (non-hydrogen) atoms. The summed E-state index contributed by atoms with van der Waals surface area (Å²) in [7, 11) is 0. The van der Waals surface area contributed by atoms with Gasteiger partial charge in [-0.15, -0.1) is 0 Å². The topological polar surface area (TPSA) is 109 Å². The molecule has 0 aromatic carbocycles. The lowest BCUT2D eigenvalue weighted by atomic mass is 10.2. The minimum atomic E-state index is -0.178. The number of hydrogen-bond acceptors (Lipinski definition) is 5. The first kappa shape index (κ1) is 13.0. The van der Waals surface area contributed by atoms with Gasteiger partial charge in [-0.05, 0) is 18.6 Å². The van der Waals surface area contributed by atoms with E-state index in [2.05, 4.69) is 25.7 Å². The van der Waals surface area contributed by atoms with Crippen LogP contribution in [0.3, 0.4) is 0 Å². The highest BCUT2D eigenvalue weighted by molar-refractivity contribution is 5.94. The Morgan fingerprint density at radius 3 is 2.95 bits per heavy atom. The third-order valence-electron chi connectivity index (χ3n) is 2.64. The maximum atomic E-state index is 12.0. The van der Waals surface area contributed by atoms with Crippen LogP contribution in [0.5, 0.6) is 0 Å². The summed E-state index contributed by atoms with van der Waals surface area (Å²) >= 11 is 0. The largest absolute Gasteiger partial charge is 0.347 e. The number of aromatic nitrogens is 3. The molecule has 0 unspecified atom stereocenters. The van der Waals surface area contributed by atoms with Gasteiger partial charge in [0, 0.05) is 17.5 Å². The van der Waals surface area contributed by atoms with Gasteiger partial charge in [-0.3, -0.25) is 4.79 Å². The molecule has 1 amide bonds. The number of H-pyrrole nitrogens is 1. The third-order valence-corrected chi connectivity index (χ3v) is 2.64. The molecule has 0 saturated heterocycles. The lowest BCUT2D eigenvalue weighted by Crippen LogP contribution is -2.23. The molecule has 0 aliphatic carbocycles. The molecular formula is C12H16N6O. The van der Waals surface area contributed by atoms with E-state index >= 15 is 0 Å². The van der Waals surface area contributed by atoms with Crippen molar-refractivity contribution in [1.82, 2.24) is 20.3 Å². The monoisotopic (exact) mass is 260 g/mol. The molecule has 0 aliphatic rings. The van der Waals surface area contributed by atoms with Crippen LogP contribution in [0.15, 0.2) is 24.7 Å². The fourth-order valence-electron chi connectivity index (χ4n) is 1.63. The molecule has 5 N–H and O–H groups in total. The number of nitrogens with one attached hydrogen (secondary N) is 3. The predicted octanol–water partition coefficient (Wildman–Crippen LogP) is 0.583. The van der Waals surface area contributed by atoms with Gasteiger partial charge < -0.3 is 15.7 Å². The maximum Gasteiger partial charge on any atom is 0.251 e. The van der Waals surface area contributed by atoms with E-state index in [1.54, 1.807) is 24.7 Å². The lowest BCUT2D eigenvalue weighted by Gasteiger charge is -2.08. The number of carbonyl (C=O) groups excluding carboxylic acids is 1. The molecule has 0 fully saturated rings. The Kier molecular flexibility index (Phi) is 4.09. The van der Waals surface area contributed by atoms with E-state index in [0.717, 1.165) is 17.8 Å². The van der Waals surface area contributed by atoms with Gasteiger partial charge in [0.2, 0.25) is 0 Å². The number of imidazole rings is 1. The zero-order valence-corrected chi connectivity index (χ0v) is 10.6. The molecule has 2 aromatic heterocycles. The van der Waals surface area contributed by atoms with Crippen LogP contribution in [0, 0.1) is 0 Å². The number of hydrogen-bond donors (Lipinski definition) is 4. The van der Waals surface area contributed by atoms with Crippen molar-refractivity contribution in [3.63, 3.8) is 0 Å². The second-order valence-electron chi connectivity index (χ2n) is 3.99. The number of rotatable bonds is 5. The summed E-state index contributed by atoms with van der Waals surface area (Å²) in [5.41, 5.74) is 4.64. The van der Waals surface area contributed by atoms with E-state index in [4.69, 9.17) is 5.84 Å². The molecule has 0 spiro atoms. The van der Waals surface area contributed by atoms with Crippen molar-refractivity contribution in [2.75, 3.05) is 5.43 Å². The Morgan fingerprint density at radius 2 is 2.32 bits per heavy atom. The Balaban J connectivity index is 2.09. The van der Waals surface area contributed by atoms with Crippen LogP contribution in [0.4, 0.5) is 5.82 Å². The van der Waals surface area contributed by atoms with Crippen LogP contribution in [-0.4, -0.2) is 20.9 Å². The van der Waals surface area contributed by atoms with Crippen molar-refractivity contribution >= 4 is 11.7 Å². The van der Waals surface area contributed by atoms with Gasteiger partial charge in [0.15, 0.2) is 0 Å². The van der Waals surface area contributed by atoms with Crippen LogP contribution < -0.4 is 16.6 Å². The third kappa shape index (κ3) is 3.29. The maximum absolute atomic E-state index is 12.0. The second kappa shape index (κ2) is 5.96. The Morgan fingerprint density at radius 1 is 1.47 bits per heavy atom. The van der Waals surface area contributed by atoms with Gasteiger partial charge >= 0.3 is 0 Å². The number of nitrogen functional groups attached to an aromatic ring is 1. The fourth-order valence-corrected chi connectivity index (χ4v) is 1.63. The molecule has 0 aliphatic heterocycles. The first-order valence-corrected chi connectivity index (χ1v) is 5.96. The van der Waals surface area contributed by atoms with E-state index in [9.17, 15) is 4.79 Å². The van der Waals surface area contributed by atoms with Crippen LogP contribution in [0.2, 0.25) is 0 Å². The van der Waals surface area contributed by atoms with E-state index in [0.29, 0.717) is 17.9 Å². The summed E-state index contributed by atoms with van der Waals surface area (Å²) in [4.78, 5) is 23.1. The highest BCUT2D eigenvalue weighted by Gasteiger charge is 2.09. The van der Waals surface area contributed by atoms with Gasteiger partial charge in [0.1, 0.15) is 5.82 Å². The number of pyridine rings is 1. The number of aryl methyl sites for hydroxylation is 1. The molecule has 7 nitrogen and oxygen atoms in total. The standard InChI is InChI=1S/C12H16N6O/c1-2-9-3-8(4-11(17-9)18-13)12(19)15-6-10-5-14-7-16-10/h3-5,7H,2,6,13H2,1H3,(H,14,16)(H,15,19)(H,17,18). The van der Waals surface area contributed by atoms with Crippen LogP contribution >= 0.6 is 0 Å². The second-order valence-corrected chi connectivity index (χ2v) is 3.99. The highest BCUT2D eigenvalue weighted by Crippen LogP contribution is 2.10. The van der Waals surface area contributed by atoms with Crippen molar-refractivity contribution in [2.45, 2.75) is 19.9 Å². The zero-order valence-electron chi connectivity index (χ0n) is 10.6. The van der Waals surface area contributed by atoms with Gasteiger partial charge in [-0.25, -0.2) is 15.8 Å². The van der Waals surface area contributed by atoms with Gasteiger partial charge in [-0.2, -0.15) is 0 Å². The summed E-state index contributed by atoms with van der Waals surface area (Å²) in [6.07, 6.45) is 3.97. The van der Waals surface area contributed by atoms with Gasteiger partial charge in [-0.1, -0.05) is 6.92 Å². The summed E-state index contributed by atoms with van der Waals surface area (Å²) in [6.45, 7) is 2.36. The summed E-state index contributed by atoms with van der Waals surface area (Å²) in [6, 6.07) is 3.37. The number of amides is 1. The van der Waals surface area contributed by atoms with E-state index in [-0.39, 0.29) is 5.91 Å². The van der Waals surface area contributed by atoms with Crippen LogP contribution in [0.1, 0.15) is 28.7 Å². The van der Waals surface area contributed by atoms with Crippen molar-refractivity contribution in [3.8, 4) is 0 Å². The van der Waals surface area contributed by atoms with Gasteiger partial charge in [0.05, 0.1) is 18.6 Å². The molecule has 2 rings (SSSR count). The smallest absolute Gasteiger partial charge is 0.251 e. The number of nitrogens with two attached hydrogens (primary N) is 1. The molecule has 0 bridgehead atoms. The number of nitrogens with zero attached hydrogens (tertiary/aromatic N) is 2. The number of hydrazine groups is 1. The normalized spacial score (nSPS) is 10.2. The van der Waals surface area contributed by atoms with E-state index in [1.807, 2.05) is 6.92 Å². The highest BCUT2D eigenvalue weighted by atomic mass is 16.1. The minimum absolute atomic E-state index is 0.178. The predicted molar refractivity (Wildman–Crippen MR) is 71.2 cm³/mol. The molecular weight excluding hydrogens is 244 g/mol. The Labute approximate surface area is 110 Å². The minimum Gasteiger partial charge on any atom is -0.347 e. The van der Waals surface area contributed by atoms with Gasteiger partial charge in [0.25, 0.3) is 5.91 Å². The molecule has 0 saturated carbocycles. The number of aromatic amines is 1. The van der Waals surface area contributed by atoms with Crippen molar-refractivity contribution < 1.29 is 4.79 Å². The average molecular weight is 260 g/mol. The lowest BCUT2D eigenvalue weighted by molar-refractivity contribution is 0.0950. The van der Waals surface area contributed by atoms with Crippen LogP contribution in [-0.2, 0) is 13.0 Å². The molecule has 0 atom stereocenters. The number of anilines is 1. The summed E-state index contributed by atoms with van der Waals surface area (Å²) in [5, 5.41) is 2.80.